The number of hydrogen-bond acceptors (Lipinski definition) is 3. The van der Waals surface area contributed by atoms with Crippen LogP contribution in [0.5, 0.6) is 0 Å². The van der Waals surface area contributed by atoms with Gasteiger partial charge in [-0.15, -0.1) is 0 Å². The quantitative estimate of drug-likeness (QED) is 0.739. The fraction of sp³-hybridized carbons (Fsp3) is 0.846. The van der Waals surface area contributed by atoms with Gasteiger partial charge in [0.1, 0.15) is 5.54 Å². The van der Waals surface area contributed by atoms with Gasteiger partial charge < -0.3 is 9.80 Å². The summed E-state index contributed by atoms with van der Waals surface area (Å²) in [5.74, 6) is 0.772. The number of imide groups is 1. The van der Waals surface area contributed by atoms with Gasteiger partial charge in [0.15, 0.2) is 0 Å². The lowest BCUT2D eigenvalue weighted by molar-refractivity contribution is -0.128. The van der Waals surface area contributed by atoms with E-state index in [0.29, 0.717) is 0 Å². The molecule has 2 aliphatic heterocycles. The van der Waals surface area contributed by atoms with Crippen LogP contribution in [-0.2, 0) is 4.79 Å². The Bertz CT molecular complexity index is 370. The molecule has 3 fully saturated rings. The molecule has 5 heteroatoms. The van der Waals surface area contributed by atoms with Crippen molar-refractivity contribution in [1.82, 2.24) is 15.1 Å². The molecule has 0 bridgehead atoms. The number of carbonyl (C=O) groups excluding carboxylic acids is 2. The zero-order valence-electron chi connectivity index (χ0n) is 10.9. The van der Waals surface area contributed by atoms with Crippen LogP contribution in [0.15, 0.2) is 0 Å². The van der Waals surface area contributed by atoms with Gasteiger partial charge >= 0.3 is 6.03 Å². The van der Waals surface area contributed by atoms with E-state index in [-0.39, 0.29) is 11.9 Å². The zero-order valence-corrected chi connectivity index (χ0v) is 10.9. The summed E-state index contributed by atoms with van der Waals surface area (Å²) < 4.78 is 0. The van der Waals surface area contributed by atoms with Crippen LogP contribution in [0.3, 0.4) is 0 Å². The standard InChI is InChI=1S/C13H21N3O2/c1-15-12(18)14-11(17)13(15)5-7-16(8-6-13)9-10-3-2-4-10/h10H,2-9H2,1H3,(H,14,17,18). The van der Waals surface area contributed by atoms with Crippen molar-refractivity contribution < 1.29 is 9.59 Å². The molecular formula is C13H21N3O2. The van der Waals surface area contributed by atoms with Gasteiger partial charge in [-0.1, -0.05) is 6.42 Å². The van der Waals surface area contributed by atoms with E-state index in [1.165, 1.54) is 25.8 Å². The highest BCUT2D eigenvalue weighted by Gasteiger charge is 2.52. The van der Waals surface area contributed by atoms with E-state index in [1.54, 1.807) is 11.9 Å². The van der Waals surface area contributed by atoms with E-state index in [2.05, 4.69) is 10.2 Å². The van der Waals surface area contributed by atoms with Crippen LogP contribution in [-0.4, -0.2) is 54.0 Å². The van der Waals surface area contributed by atoms with Crippen LogP contribution in [0.25, 0.3) is 0 Å². The lowest BCUT2D eigenvalue weighted by Gasteiger charge is -2.42. The second kappa shape index (κ2) is 4.23. The van der Waals surface area contributed by atoms with Gasteiger partial charge in [-0.2, -0.15) is 0 Å². The molecule has 0 aromatic carbocycles. The number of hydrogen-bond donors (Lipinski definition) is 1. The maximum absolute atomic E-state index is 12.0. The Kier molecular flexibility index (Phi) is 2.81. The molecule has 3 aliphatic rings. The van der Waals surface area contributed by atoms with E-state index >= 15 is 0 Å². The number of amides is 3. The van der Waals surface area contributed by atoms with Crippen molar-refractivity contribution in [3.63, 3.8) is 0 Å². The summed E-state index contributed by atoms with van der Waals surface area (Å²) in [6, 6.07) is -0.243. The fourth-order valence-electron chi connectivity index (χ4n) is 3.35. The molecule has 1 N–H and O–H groups in total. The van der Waals surface area contributed by atoms with Crippen LogP contribution in [0.2, 0.25) is 0 Å². The summed E-state index contributed by atoms with van der Waals surface area (Å²) in [7, 11) is 1.74. The summed E-state index contributed by atoms with van der Waals surface area (Å²) >= 11 is 0. The van der Waals surface area contributed by atoms with Crippen molar-refractivity contribution in [2.75, 3.05) is 26.7 Å². The Hall–Kier alpha value is -1.10. The molecule has 100 valence electrons. The van der Waals surface area contributed by atoms with Crippen LogP contribution in [0.1, 0.15) is 32.1 Å². The minimum Gasteiger partial charge on any atom is -0.313 e. The highest BCUT2D eigenvalue weighted by molar-refractivity contribution is 6.06. The van der Waals surface area contributed by atoms with Crippen molar-refractivity contribution in [3.05, 3.63) is 0 Å². The first-order chi connectivity index (χ1) is 8.62. The van der Waals surface area contributed by atoms with Crippen LogP contribution < -0.4 is 5.32 Å². The normalized spacial score (nSPS) is 28.6. The predicted molar refractivity (Wildman–Crippen MR) is 67.0 cm³/mol. The molecule has 0 aromatic rings. The van der Waals surface area contributed by atoms with Crippen molar-refractivity contribution in [1.29, 1.82) is 0 Å². The maximum Gasteiger partial charge on any atom is 0.324 e. The average Bonchev–Trinajstić information content (AvgIpc) is 2.51. The maximum atomic E-state index is 12.0. The third-order valence-corrected chi connectivity index (χ3v) is 5.01. The monoisotopic (exact) mass is 251 g/mol. The van der Waals surface area contributed by atoms with Gasteiger partial charge in [0, 0.05) is 26.7 Å². The lowest BCUT2D eigenvalue weighted by Crippen LogP contribution is -2.55. The predicted octanol–water partition coefficient (Wildman–Crippen LogP) is 0.803. The fourth-order valence-corrected chi connectivity index (χ4v) is 3.35. The van der Waals surface area contributed by atoms with E-state index < -0.39 is 5.54 Å². The zero-order chi connectivity index (χ0) is 12.8. The largest absolute Gasteiger partial charge is 0.324 e. The van der Waals surface area contributed by atoms with E-state index in [0.717, 1.165) is 31.8 Å². The first-order valence-electron chi connectivity index (χ1n) is 6.93. The second-order valence-electron chi connectivity index (χ2n) is 5.95. The van der Waals surface area contributed by atoms with Crippen molar-refractivity contribution in [3.8, 4) is 0 Å². The molecule has 0 unspecified atom stereocenters. The van der Waals surface area contributed by atoms with Crippen LogP contribution in [0.4, 0.5) is 4.79 Å². The molecule has 3 rings (SSSR count). The smallest absolute Gasteiger partial charge is 0.313 e. The van der Waals surface area contributed by atoms with Gasteiger partial charge in [-0.05, 0) is 31.6 Å². The number of likely N-dealkylation sites (N-methyl/N-ethyl adjacent to an activating group) is 1. The van der Waals surface area contributed by atoms with Crippen molar-refractivity contribution in [2.45, 2.75) is 37.6 Å². The summed E-state index contributed by atoms with van der Waals surface area (Å²) in [6.45, 7) is 3.04. The first kappa shape index (κ1) is 12.0. The van der Waals surface area contributed by atoms with Gasteiger partial charge in [0.25, 0.3) is 5.91 Å². The minimum atomic E-state index is -0.562. The van der Waals surface area contributed by atoms with Gasteiger partial charge in [0.05, 0.1) is 0 Å². The first-order valence-corrected chi connectivity index (χ1v) is 6.93. The number of piperidine rings is 1. The molecule has 1 spiro atoms. The molecule has 3 amide bonds. The molecule has 0 atom stereocenters. The minimum absolute atomic E-state index is 0.0988. The van der Waals surface area contributed by atoms with Crippen molar-refractivity contribution in [2.24, 2.45) is 5.92 Å². The average molecular weight is 251 g/mol. The third-order valence-electron chi connectivity index (χ3n) is 5.01. The highest BCUT2D eigenvalue weighted by Crippen LogP contribution is 2.34. The topological polar surface area (TPSA) is 52.7 Å². The molecule has 0 aromatic heterocycles. The molecule has 2 heterocycles. The van der Waals surface area contributed by atoms with Gasteiger partial charge in [0.2, 0.25) is 0 Å². The Morgan fingerprint density at radius 3 is 2.39 bits per heavy atom. The third kappa shape index (κ3) is 1.72. The molecule has 5 nitrogen and oxygen atoms in total. The van der Waals surface area contributed by atoms with Crippen LogP contribution >= 0.6 is 0 Å². The number of likely N-dealkylation sites (tertiary alicyclic amines) is 1. The summed E-state index contributed by atoms with van der Waals surface area (Å²) in [4.78, 5) is 27.6. The molecule has 1 aliphatic carbocycles. The van der Waals surface area contributed by atoms with Gasteiger partial charge in [-0.3, -0.25) is 10.1 Å². The number of nitrogens with one attached hydrogen (secondary N) is 1. The Morgan fingerprint density at radius 2 is 1.94 bits per heavy atom. The Balaban J connectivity index is 1.61. The summed E-state index contributed by atoms with van der Waals surface area (Å²) in [6.07, 6.45) is 5.64. The van der Waals surface area contributed by atoms with Gasteiger partial charge in [-0.25, -0.2) is 4.79 Å². The highest BCUT2D eigenvalue weighted by atomic mass is 16.2. The van der Waals surface area contributed by atoms with Crippen LogP contribution in [0, 0.1) is 5.92 Å². The summed E-state index contributed by atoms with van der Waals surface area (Å²) in [5.41, 5.74) is -0.562. The number of carbonyl (C=O) groups is 2. The van der Waals surface area contributed by atoms with E-state index in [9.17, 15) is 9.59 Å². The summed E-state index contributed by atoms with van der Waals surface area (Å²) in [5, 5.41) is 2.43. The van der Waals surface area contributed by atoms with E-state index in [4.69, 9.17) is 0 Å². The number of nitrogens with zero attached hydrogens (tertiary/aromatic N) is 2. The molecule has 18 heavy (non-hydrogen) atoms. The lowest BCUT2D eigenvalue weighted by atomic mass is 9.82. The molecular weight excluding hydrogens is 230 g/mol. The number of urea groups is 1. The van der Waals surface area contributed by atoms with E-state index in [1.807, 2.05) is 0 Å². The van der Waals surface area contributed by atoms with Crippen molar-refractivity contribution >= 4 is 11.9 Å². The molecule has 1 saturated carbocycles. The Morgan fingerprint density at radius 1 is 1.28 bits per heavy atom. The molecule has 0 radical (unpaired) electrons. The number of rotatable bonds is 2. The SMILES string of the molecule is CN1C(=O)NC(=O)C12CCN(CC1CCC1)CC2. The second-order valence-corrected chi connectivity index (χ2v) is 5.95. The Labute approximate surface area is 107 Å². The molecule has 2 saturated heterocycles.